The molecule has 0 atom stereocenters. The molecule has 0 fully saturated rings. The van der Waals surface area contributed by atoms with Crippen molar-refractivity contribution < 1.29 is 8.42 Å². The molecule has 13 heavy (non-hydrogen) atoms. The maximum absolute atomic E-state index is 10.8. The molecule has 0 aliphatic heterocycles. The van der Waals surface area contributed by atoms with Crippen molar-refractivity contribution in [2.75, 3.05) is 16.7 Å². The summed E-state index contributed by atoms with van der Waals surface area (Å²) in [4.78, 5) is 0. The van der Waals surface area contributed by atoms with Gasteiger partial charge in [-0.1, -0.05) is 12.1 Å². The monoisotopic (exact) mass is 222 g/mol. The predicted molar refractivity (Wildman–Crippen MR) is 56.6 cm³/mol. The molecule has 4 nitrogen and oxygen atoms in total. The van der Waals surface area contributed by atoms with Crippen LogP contribution in [0.5, 0.6) is 0 Å². The Morgan fingerprint density at radius 3 is 2.31 bits per heavy atom. The summed E-state index contributed by atoms with van der Waals surface area (Å²) in [6, 6.07) is 6.69. The molecule has 1 aromatic carbocycles. The minimum atomic E-state index is -3.23. The summed E-state index contributed by atoms with van der Waals surface area (Å²) in [5.41, 5.74) is 6.34. The third-order valence-electron chi connectivity index (χ3n) is 1.26. The topological polar surface area (TPSA) is 72.2 Å². The molecule has 6 heteroatoms. The predicted octanol–water partition coefficient (Wildman–Crippen LogP) is 1.06. The Balaban J connectivity index is 0.00000144. The Bertz CT molecular complexity index is 378. The van der Waals surface area contributed by atoms with Gasteiger partial charge in [-0.3, -0.25) is 4.72 Å². The SMILES string of the molecule is CS(=O)(=O)Nc1ccccc1N.Cl. The van der Waals surface area contributed by atoms with E-state index in [9.17, 15) is 8.42 Å². The van der Waals surface area contributed by atoms with Crippen LogP contribution in [0.1, 0.15) is 0 Å². The minimum Gasteiger partial charge on any atom is -0.397 e. The first-order chi connectivity index (χ1) is 5.49. The van der Waals surface area contributed by atoms with Gasteiger partial charge in [0.05, 0.1) is 17.6 Å². The average Bonchev–Trinajstić information content (AvgIpc) is 1.91. The highest BCUT2D eigenvalue weighted by atomic mass is 35.5. The fourth-order valence-corrected chi connectivity index (χ4v) is 1.38. The fourth-order valence-electron chi connectivity index (χ4n) is 0.790. The molecule has 1 rings (SSSR count). The molecular formula is C7H11ClN2O2S. The maximum Gasteiger partial charge on any atom is 0.229 e. The van der Waals surface area contributed by atoms with Crippen molar-refractivity contribution >= 4 is 33.8 Å². The Kier molecular flexibility index (Phi) is 4.03. The van der Waals surface area contributed by atoms with E-state index in [1.165, 1.54) is 0 Å². The molecular weight excluding hydrogens is 212 g/mol. The molecule has 0 aliphatic carbocycles. The van der Waals surface area contributed by atoms with Crippen molar-refractivity contribution in [3.8, 4) is 0 Å². The molecule has 0 heterocycles. The number of halogens is 1. The van der Waals surface area contributed by atoms with Crippen LogP contribution in [0.25, 0.3) is 0 Å². The van der Waals surface area contributed by atoms with E-state index in [2.05, 4.69) is 4.72 Å². The average molecular weight is 223 g/mol. The normalized spacial score (nSPS) is 10.2. The standard InChI is InChI=1S/C7H10N2O2S.ClH/c1-12(10,11)9-7-5-3-2-4-6(7)8;/h2-5,9H,8H2,1H3;1H. The van der Waals surface area contributed by atoms with Crippen molar-refractivity contribution in [2.45, 2.75) is 0 Å². The highest BCUT2D eigenvalue weighted by Gasteiger charge is 2.02. The van der Waals surface area contributed by atoms with E-state index in [1.54, 1.807) is 24.3 Å². The van der Waals surface area contributed by atoms with Crippen molar-refractivity contribution in [3.05, 3.63) is 24.3 Å². The number of nitrogens with one attached hydrogen (secondary N) is 1. The van der Waals surface area contributed by atoms with Crippen LogP contribution in [0.2, 0.25) is 0 Å². The summed E-state index contributed by atoms with van der Waals surface area (Å²) >= 11 is 0. The van der Waals surface area contributed by atoms with Crippen LogP contribution in [0.4, 0.5) is 11.4 Å². The van der Waals surface area contributed by atoms with Crippen molar-refractivity contribution in [3.63, 3.8) is 0 Å². The van der Waals surface area contributed by atoms with E-state index < -0.39 is 10.0 Å². The quantitative estimate of drug-likeness (QED) is 0.735. The van der Waals surface area contributed by atoms with Gasteiger partial charge < -0.3 is 5.73 Å². The summed E-state index contributed by atoms with van der Waals surface area (Å²) in [5.74, 6) is 0. The van der Waals surface area contributed by atoms with Crippen molar-refractivity contribution in [2.24, 2.45) is 0 Å². The second-order valence-corrected chi connectivity index (χ2v) is 4.21. The molecule has 0 saturated heterocycles. The number of para-hydroxylation sites is 2. The molecule has 3 N–H and O–H groups in total. The molecule has 0 aromatic heterocycles. The zero-order chi connectivity index (χ0) is 9.19. The van der Waals surface area contributed by atoms with Crippen LogP contribution >= 0.6 is 12.4 Å². The van der Waals surface area contributed by atoms with E-state index in [0.29, 0.717) is 11.4 Å². The summed E-state index contributed by atoms with van der Waals surface area (Å²) in [6.07, 6.45) is 1.08. The second kappa shape index (κ2) is 4.34. The minimum absolute atomic E-state index is 0. The van der Waals surface area contributed by atoms with Gasteiger partial charge in [-0.25, -0.2) is 8.42 Å². The van der Waals surface area contributed by atoms with E-state index in [1.807, 2.05) is 0 Å². The molecule has 0 radical (unpaired) electrons. The number of rotatable bonds is 2. The lowest BCUT2D eigenvalue weighted by molar-refractivity contribution is 0.607. The number of hydrogen-bond acceptors (Lipinski definition) is 3. The molecule has 1 aromatic rings. The number of nitrogens with two attached hydrogens (primary N) is 1. The largest absolute Gasteiger partial charge is 0.397 e. The molecule has 0 aliphatic rings. The van der Waals surface area contributed by atoms with Crippen LogP contribution in [-0.4, -0.2) is 14.7 Å². The van der Waals surface area contributed by atoms with E-state index in [-0.39, 0.29) is 12.4 Å². The molecule has 0 amide bonds. The fraction of sp³-hybridized carbons (Fsp3) is 0.143. The third-order valence-corrected chi connectivity index (χ3v) is 1.85. The first-order valence-electron chi connectivity index (χ1n) is 3.31. The Labute approximate surface area is 83.6 Å². The number of nitrogen functional groups attached to an aromatic ring is 1. The van der Waals surface area contributed by atoms with Gasteiger partial charge in [0.1, 0.15) is 0 Å². The summed E-state index contributed by atoms with van der Waals surface area (Å²) < 4.78 is 23.9. The molecule has 74 valence electrons. The third kappa shape index (κ3) is 4.00. The Morgan fingerprint density at radius 1 is 1.31 bits per heavy atom. The van der Waals surface area contributed by atoms with Gasteiger partial charge in [-0.05, 0) is 12.1 Å². The summed E-state index contributed by atoms with van der Waals surface area (Å²) in [7, 11) is -3.23. The first kappa shape index (κ1) is 12.1. The van der Waals surface area contributed by atoms with Crippen LogP contribution in [0.15, 0.2) is 24.3 Å². The van der Waals surface area contributed by atoms with Crippen LogP contribution in [0.3, 0.4) is 0 Å². The first-order valence-corrected chi connectivity index (χ1v) is 5.20. The van der Waals surface area contributed by atoms with Gasteiger partial charge in [-0.15, -0.1) is 12.4 Å². The van der Waals surface area contributed by atoms with Crippen LogP contribution < -0.4 is 10.5 Å². The zero-order valence-electron chi connectivity index (χ0n) is 7.02. The van der Waals surface area contributed by atoms with E-state index in [0.717, 1.165) is 6.26 Å². The number of hydrogen-bond donors (Lipinski definition) is 2. The number of sulfonamides is 1. The van der Waals surface area contributed by atoms with Crippen LogP contribution in [-0.2, 0) is 10.0 Å². The Hall–Kier alpha value is -0.940. The van der Waals surface area contributed by atoms with E-state index >= 15 is 0 Å². The smallest absolute Gasteiger partial charge is 0.229 e. The zero-order valence-corrected chi connectivity index (χ0v) is 8.65. The van der Waals surface area contributed by atoms with Gasteiger partial charge in [0.15, 0.2) is 0 Å². The highest BCUT2D eigenvalue weighted by Crippen LogP contribution is 2.17. The molecule has 0 saturated carbocycles. The van der Waals surface area contributed by atoms with Crippen molar-refractivity contribution in [1.82, 2.24) is 0 Å². The highest BCUT2D eigenvalue weighted by molar-refractivity contribution is 7.92. The lowest BCUT2D eigenvalue weighted by atomic mass is 10.3. The lowest BCUT2D eigenvalue weighted by Crippen LogP contribution is -2.10. The summed E-state index contributed by atoms with van der Waals surface area (Å²) in [5, 5.41) is 0. The van der Waals surface area contributed by atoms with Gasteiger partial charge >= 0.3 is 0 Å². The maximum atomic E-state index is 10.8. The summed E-state index contributed by atoms with van der Waals surface area (Å²) in [6.45, 7) is 0. The second-order valence-electron chi connectivity index (χ2n) is 2.46. The van der Waals surface area contributed by atoms with Crippen LogP contribution in [0, 0.1) is 0 Å². The molecule has 0 unspecified atom stereocenters. The van der Waals surface area contributed by atoms with Gasteiger partial charge in [0.2, 0.25) is 10.0 Å². The molecule has 0 spiro atoms. The van der Waals surface area contributed by atoms with Gasteiger partial charge in [0.25, 0.3) is 0 Å². The number of benzene rings is 1. The number of anilines is 2. The van der Waals surface area contributed by atoms with Gasteiger partial charge in [0, 0.05) is 0 Å². The van der Waals surface area contributed by atoms with Crippen molar-refractivity contribution in [1.29, 1.82) is 0 Å². The van der Waals surface area contributed by atoms with E-state index in [4.69, 9.17) is 5.73 Å². The van der Waals surface area contributed by atoms with Gasteiger partial charge in [-0.2, -0.15) is 0 Å². The lowest BCUT2D eigenvalue weighted by Gasteiger charge is -2.05. The Morgan fingerprint density at radius 2 is 1.85 bits per heavy atom. The molecule has 0 bridgehead atoms.